The number of aromatic hydroxyl groups is 1. The van der Waals surface area contributed by atoms with Gasteiger partial charge in [-0.2, -0.15) is 0 Å². The Morgan fingerprint density at radius 2 is 1.52 bits per heavy atom. The molecule has 0 saturated heterocycles. The van der Waals surface area contributed by atoms with Crippen LogP contribution in [-0.4, -0.2) is 51.6 Å². The molecule has 0 heterocycles. The molecule has 0 aliphatic heterocycles. The van der Waals surface area contributed by atoms with E-state index in [0.717, 1.165) is 41.5 Å². The third-order valence-electron chi connectivity index (χ3n) is 7.74. The minimum absolute atomic E-state index is 0.0721. The van der Waals surface area contributed by atoms with Gasteiger partial charge in [-0.15, -0.1) is 0 Å². The second-order valence-electron chi connectivity index (χ2n) is 13.6. The van der Waals surface area contributed by atoms with E-state index in [2.05, 4.69) is 31.4 Å². The normalized spacial score (nSPS) is 14.3. The summed E-state index contributed by atoms with van der Waals surface area (Å²) in [5, 5.41) is 15.8. The second kappa shape index (κ2) is 16.5. The molecule has 4 unspecified atom stereocenters. The van der Waals surface area contributed by atoms with Crippen LogP contribution in [0.1, 0.15) is 109 Å². The molecule has 0 aliphatic carbocycles. The summed E-state index contributed by atoms with van der Waals surface area (Å²) < 4.78 is 5.56. The highest BCUT2D eigenvalue weighted by molar-refractivity contribution is 5.92. The number of carbonyl (C=O) groups excluding carboxylic acids is 3. The molecule has 0 aromatic heterocycles. The van der Waals surface area contributed by atoms with Crippen molar-refractivity contribution in [2.24, 2.45) is 5.92 Å². The highest BCUT2D eigenvalue weighted by Crippen LogP contribution is 2.30. The van der Waals surface area contributed by atoms with Gasteiger partial charge in [-0.1, -0.05) is 57.5 Å². The molecule has 0 fully saturated rings. The average molecular weight is 610 g/mol. The van der Waals surface area contributed by atoms with Gasteiger partial charge in [0.05, 0.1) is 0 Å². The van der Waals surface area contributed by atoms with Crippen LogP contribution < -0.4 is 10.6 Å². The van der Waals surface area contributed by atoms with Gasteiger partial charge in [0.1, 0.15) is 23.4 Å². The number of alkyl carbamates (subject to hydrolysis) is 1. The van der Waals surface area contributed by atoms with Crippen molar-refractivity contribution in [1.82, 2.24) is 15.5 Å². The van der Waals surface area contributed by atoms with Crippen molar-refractivity contribution in [1.29, 1.82) is 0 Å². The van der Waals surface area contributed by atoms with E-state index in [9.17, 15) is 19.5 Å². The quantitative estimate of drug-likeness (QED) is 0.211. The van der Waals surface area contributed by atoms with Crippen molar-refractivity contribution in [2.75, 3.05) is 0 Å². The number of amides is 3. The zero-order valence-corrected chi connectivity index (χ0v) is 28.5. The number of hydrogen-bond donors (Lipinski definition) is 3. The molecule has 44 heavy (non-hydrogen) atoms. The molecular formula is C36H55N3O5. The smallest absolute Gasteiger partial charge is 0.408 e. The minimum Gasteiger partial charge on any atom is -0.508 e. The van der Waals surface area contributed by atoms with Crippen molar-refractivity contribution in [3.63, 3.8) is 0 Å². The molecule has 0 spiro atoms. The molecule has 0 bridgehead atoms. The number of carbonyl (C=O) groups is 3. The number of hydrogen-bond acceptors (Lipinski definition) is 5. The Labute approximate surface area is 264 Å². The predicted octanol–water partition coefficient (Wildman–Crippen LogP) is 7.14. The van der Waals surface area contributed by atoms with Crippen LogP contribution in [0.4, 0.5) is 4.79 Å². The summed E-state index contributed by atoms with van der Waals surface area (Å²) in [4.78, 5) is 43.8. The molecule has 2 rings (SSSR count). The van der Waals surface area contributed by atoms with Gasteiger partial charge in [-0.05, 0) is 108 Å². The Bertz CT molecular complexity index is 1240. The van der Waals surface area contributed by atoms with Gasteiger partial charge in [0.25, 0.3) is 0 Å². The average Bonchev–Trinajstić information content (AvgIpc) is 2.91. The lowest BCUT2D eigenvalue weighted by Gasteiger charge is -2.39. The van der Waals surface area contributed by atoms with Gasteiger partial charge < -0.3 is 25.4 Å². The number of phenolic OH excluding ortho intramolecular Hbond substituents is 1. The summed E-state index contributed by atoms with van der Waals surface area (Å²) in [5.41, 5.74) is 2.82. The van der Waals surface area contributed by atoms with E-state index < -0.39 is 23.8 Å². The second-order valence-corrected chi connectivity index (χ2v) is 13.6. The summed E-state index contributed by atoms with van der Waals surface area (Å²) in [6.07, 6.45) is 2.71. The summed E-state index contributed by atoms with van der Waals surface area (Å²) in [6, 6.07) is 10.1. The predicted molar refractivity (Wildman–Crippen MR) is 177 cm³/mol. The molecule has 0 radical (unpaired) electrons. The number of phenols is 1. The number of benzene rings is 2. The molecule has 4 atom stereocenters. The van der Waals surface area contributed by atoms with Crippen LogP contribution in [0.15, 0.2) is 42.5 Å². The first-order valence-electron chi connectivity index (χ1n) is 16.0. The van der Waals surface area contributed by atoms with Gasteiger partial charge in [-0.3, -0.25) is 9.59 Å². The highest BCUT2D eigenvalue weighted by Gasteiger charge is 2.39. The molecular weight excluding hydrogens is 554 g/mol. The lowest BCUT2D eigenvalue weighted by Crippen LogP contribution is -2.56. The van der Waals surface area contributed by atoms with Crippen molar-refractivity contribution in [3.05, 3.63) is 64.7 Å². The summed E-state index contributed by atoms with van der Waals surface area (Å²) in [5.74, 6) is -0.116. The summed E-state index contributed by atoms with van der Waals surface area (Å²) >= 11 is 0. The molecule has 244 valence electrons. The summed E-state index contributed by atoms with van der Waals surface area (Å²) in [6.45, 7) is 19.6. The number of ether oxygens (including phenoxy) is 1. The van der Waals surface area contributed by atoms with Gasteiger partial charge in [0.15, 0.2) is 0 Å². The van der Waals surface area contributed by atoms with E-state index in [4.69, 9.17) is 4.74 Å². The van der Waals surface area contributed by atoms with Crippen LogP contribution in [0, 0.1) is 19.8 Å². The largest absolute Gasteiger partial charge is 0.508 e. The van der Waals surface area contributed by atoms with E-state index in [0.29, 0.717) is 12.3 Å². The third-order valence-corrected chi connectivity index (χ3v) is 7.74. The highest BCUT2D eigenvalue weighted by atomic mass is 16.6. The standard InChI is InChI=1S/C36H55N3O5/c1-11-12-26(6)37-33(41)32(29-18-14-24(4)25(5)21-29)39(27(7)15-13-23(2)3)34(42)31(38-35(43)44-36(8,9)10)22-28-16-19-30(40)20-17-28/h14,16-21,23,26-27,31-32,40H,11-13,15,22H2,1-10H3,(H,37,41)(H,38,43). The lowest BCUT2D eigenvalue weighted by molar-refractivity contribution is -0.145. The van der Waals surface area contributed by atoms with Crippen LogP contribution in [-0.2, 0) is 20.7 Å². The zero-order chi connectivity index (χ0) is 33.2. The van der Waals surface area contributed by atoms with Crippen molar-refractivity contribution in [2.45, 2.75) is 131 Å². The van der Waals surface area contributed by atoms with E-state index in [1.807, 2.05) is 45.9 Å². The number of nitrogens with one attached hydrogen (secondary N) is 2. The Hall–Kier alpha value is -3.55. The molecule has 8 heteroatoms. The van der Waals surface area contributed by atoms with Crippen LogP contribution in [0.25, 0.3) is 0 Å². The van der Waals surface area contributed by atoms with E-state index in [-0.39, 0.29) is 36.1 Å². The van der Waals surface area contributed by atoms with Crippen molar-refractivity contribution >= 4 is 17.9 Å². The van der Waals surface area contributed by atoms with Gasteiger partial charge in [0, 0.05) is 18.5 Å². The maximum atomic E-state index is 14.8. The number of nitrogens with zero attached hydrogens (tertiary/aromatic N) is 1. The third kappa shape index (κ3) is 11.5. The Balaban J connectivity index is 2.69. The van der Waals surface area contributed by atoms with Crippen molar-refractivity contribution in [3.8, 4) is 5.75 Å². The topological polar surface area (TPSA) is 108 Å². The fourth-order valence-electron chi connectivity index (χ4n) is 5.21. The molecule has 3 N–H and O–H groups in total. The van der Waals surface area contributed by atoms with Gasteiger partial charge in [0.2, 0.25) is 11.8 Å². The molecule has 2 aromatic carbocycles. The van der Waals surface area contributed by atoms with Crippen LogP contribution >= 0.6 is 0 Å². The van der Waals surface area contributed by atoms with Gasteiger partial charge >= 0.3 is 6.09 Å². The Morgan fingerprint density at radius 3 is 2.07 bits per heavy atom. The lowest BCUT2D eigenvalue weighted by atomic mass is 9.94. The van der Waals surface area contributed by atoms with E-state index in [1.54, 1.807) is 49.9 Å². The van der Waals surface area contributed by atoms with Gasteiger partial charge in [-0.25, -0.2) is 4.79 Å². The van der Waals surface area contributed by atoms with Crippen LogP contribution in [0.2, 0.25) is 0 Å². The Morgan fingerprint density at radius 1 is 0.886 bits per heavy atom. The maximum Gasteiger partial charge on any atom is 0.408 e. The maximum absolute atomic E-state index is 14.8. The first kappa shape index (κ1) is 36.6. The zero-order valence-electron chi connectivity index (χ0n) is 28.5. The molecule has 2 aromatic rings. The summed E-state index contributed by atoms with van der Waals surface area (Å²) in [7, 11) is 0. The fraction of sp³-hybridized carbons (Fsp3) is 0.583. The number of aryl methyl sites for hydroxylation is 2. The molecule has 0 aliphatic rings. The minimum atomic E-state index is -1.02. The van der Waals surface area contributed by atoms with Crippen LogP contribution in [0.5, 0.6) is 5.75 Å². The SMILES string of the molecule is CCCC(C)NC(=O)C(c1ccc(C)c(C)c1)N(C(=O)C(Cc1ccc(O)cc1)NC(=O)OC(C)(C)C)C(C)CCC(C)C. The van der Waals surface area contributed by atoms with E-state index in [1.165, 1.54) is 0 Å². The monoisotopic (exact) mass is 609 g/mol. The molecule has 8 nitrogen and oxygen atoms in total. The molecule has 0 saturated carbocycles. The first-order valence-corrected chi connectivity index (χ1v) is 16.0. The first-order chi connectivity index (χ1) is 20.5. The van der Waals surface area contributed by atoms with Crippen LogP contribution in [0.3, 0.4) is 0 Å². The Kier molecular flexibility index (Phi) is 13.7. The van der Waals surface area contributed by atoms with Crippen molar-refractivity contribution < 1.29 is 24.2 Å². The fourth-order valence-corrected chi connectivity index (χ4v) is 5.21. The number of rotatable bonds is 14. The molecule has 3 amide bonds. The van der Waals surface area contributed by atoms with E-state index >= 15 is 0 Å².